The number of benzene rings is 2. The quantitative estimate of drug-likeness (QED) is 0.865. The summed E-state index contributed by atoms with van der Waals surface area (Å²) in [6, 6.07) is 15.9. The lowest BCUT2D eigenvalue weighted by molar-refractivity contribution is 0.414. The van der Waals surface area contributed by atoms with Crippen molar-refractivity contribution in [2.24, 2.45) is 5.73 Å². The van der Waals surface area contributed by atoms with Gasteiger partial charge >= 0.3 is 0 Å². The molecule has 20 heavy (non-hydrogen) atoms. The van der Waals surface area contributed by atoms with Crippen molar-refractivity contribution in [1.82, 2.24) is 0 Å². The minimum absolute atomic E-state index is 0.0400. The minimum Gasteiger partial charge on any atom is -0.497 e. The van der Waals surface area contributed by atoms with E-state index < -0.39 is 0 Å². The maximum Gasteiger partial charge on any atom is 0.118 e. The van der Waals surface area contributed by atoms with Crippen molar-refractivity contribution < 1.29 is 4.74 Å². The van der Waals surface area contributed by atoms with Gasteiger partial charge in [0.1, 0.15) is 5.75 Å². The molecule has 2 aromatic rings. The lowest BCUT2D eigenvalue weighted by Gasteiger charge is -2.12. The van der Waals surface area contributed by atoms with Gasteiger partial charge in [-0.05, 0) is 35.4 Å². The number of nitrogens with two attached hydrogens (primary N) is 1. The molecule has 0 aliphatic carbocycles. The molecule has 4 heteroatoms. The van der Waals surface area contributed by atoms with Crippen LogP contribution in [0.4, 0.5) is 0 Å². The molecule has 1 unspecified atom stereocenters. The molecular weight excluding hydrogens is 290 g/mol. The highest BCUT2D eigenvalue weighted by atomic mass is 35.5. The third-order valence-electron chi connectivity index (χ3n) is 3.02. The average Bonchev–Trinajstić information content (AvgIpc) is 2.49. The number of methoxy groups -OCH3 is 1. The molecule has 0 fully saturated rings. The second kappa shape index (κ2) is 7.58. The van der Waals surface area contributed by atoms with E-state index in [1.807, 2.05) is 60.3 Å². The third kappa shape index (κ3) is 4.44. The molecule has 0 heterocycles. The molecule has 0 spiro atoms. The highest BCUT2D eigenvalue weighted by molar-refractivity contribution is 7.98. The first-order chi connectivity index (χ1) is 9.69. The van der Waals surface area contributed by atoms with Crippen LogP contribution in [0, 0.1) is 0 Å². The Morgan fingerprint density at radius 2 is 1.75 bits per heavy atom. The molecule has 0 saturated carbocycles. The van der Waals surface area contributed by atoms with Crippen LogP contribution in [0.15, 0.2) is 48.5 Å². The van der Waals surface area contributed by atoms with Crippen molar-refractivity contribution in [2.75, 3.05) is 12.9 Å². The zero-order valence-corrected chi connectivity index (χ0v) is 13.0. The fourth-order valence-electron chi connectivity index (χ4n) is 1.83. The molecule has 0 radical (unpaired) electrons. The van der Waals surface area contributed by atoms with Gasteiger partial charge < -0.3 is 10.5 Å². The summed E-state index contributed by atoms with van der Waals surface area (Å²) in [6.45, 7) is 0. The molecular formula is C16H18ClNOS. The Morgan fingerprint density at radius 1 is 1.10 bits per heavy atom. The minimum atomic E-state index is 0.0400. The zero-order valence-electron chi connectivity index (χ0n) is 11.4. The van der Waals surface area contributed by atoms with Crippen molar-refractivity contribution >= 4 is 23.4 Å². The smallest absolute Gasteiger partial charge is 0.118 e. The van der Waals surface area contributed by atoms with E-state index in [9.17, 15) is 0 Å². The first kappa shape index (κ1) is 15.2. The number of halogens is 1. The van der Waals surface area contributed by atoms with Crippen molar-refractivity contribution in [3.8, 4) is 5.75 Å². The Hall–Kier alpha value is -1.16. The van der Waals surface area contributed by atoms with Crippen molar-refractivity contribution in [1.29, 1.82) is 0 Å². The van der Waals surface area contributed by atoms with Crippen molar-refractivity contribution in [2.45, 2.75) is 11.8 Å². The van der Waals surface area contributed by atoms with Gasteiger partial charge in [-0.1, -0.05) is 35.9 Å². The van der Waals surface area contributed by atoms with Gasteiger partial charge in [0.15, 0.2) is 0 Å². The highest BCUT2D eigenvalue weighted by Crippen LogP contribution is 2.22. The molecule has 2 nitrogen and oxygen atoms in total. The third-order valence-corrected chi connectivity index (χ3v) is 4.41. The van der Waals surface area contributed by atoms with Gasteiger partial charge in [0.25, 0.3) is 0 Å². The molecule has 1 atom stereocenters. The first-order valence-corrected chi connectivity index (χ1v) is 7.94. The van der Waals surface area contributed by atoms with Crippen LogP contribution in [0.5, 0.6) is 5.75 Å². The number of hydrogen-bond donors (Lipinski definition) is 1. The SMILES string of the molecule is COc1ccc(C(N)CSCc2ccc(Cl)cc2)cc1. The summed E-state index contributed by atoms with van der Waals surface area (Å²) in [6.07, 6.45) is 0. The zero-order chi connectivity index (χ0) is 14.4. The van der Waals surface area contributed by atoms with Gasteiger partial charge in [0, 0.05) is 22.6 Å². The largest absolute Gasteiger partial charge is 0.497 e. The van der Waals surface area contributed by atoms with Gasteiger partial charge in [-0.3, -0.25) is 0 Å². The molecule has 0 aliphatic heterocycles. The second-order valence-electron chi connectivity index (χ2n) is 4.52. The van der Waals surface area contributed by atoms with Crippen LogP contribution < -0.4 is 10.5 Å². The summed E-state index contributed by atoms with van der Waals surface area (Å²) in [7, 11) is 1.66. The van der Waals surface area contributed by atoms with Gasteiger partial charge in [-0.15, -0.1) is 0 Å². The van der Waals surface area contributed by atoms with Gasteiger partial charge in [0.2, 0.25) is 0 Å². The molecule has 0 aliphatic rings. The van der Waals surface area contributed by atoms with Crippen LogP contribution in [0.1, 0.15) is 17.2 Å². The average molecular weight is 308 g/mol. The molecule has 0 amide bonds. The summed E-state index contributed by atoms with van der Waals surface area (Å²) < 4.78 is 5.14. The summed E-state index contributed by atoms with van der Waals surface area (Å²) in [4.78, 5) is 0. The maximum atomic E-state index is 6.19. The van der Waals surface area contributed by atoms with Crippen LogP contribution in [0.2, 0.25) is 5.02 Å². The lowest BCUT2D eigenvalue weighted by Crippen LogP contribution is -2.12. The predicted octanol–water partition coefficient (Wildman–Crippen LogP) is 4.28. The molecule has 0 bridgehead atoms. The number of ether oxygens (including phenoxy) is 1. The molecule has 0 aromatic heterocycles. The van der Waals surface area contributed by atoms with E-state index in [1.165, 1.54) is 5.56 Å². The summed E-state index contributed by atoms with van der Waals surface area (Å²) in [5, 5.41) is 0.772. The van der Waals surface area contributed by atoms with Gasteiger partial charge in [-0.2, -0.15) is 11.8 Å². The van der Waals surface area contributed by atoms with E-state index in [0.29, 0.717) is 0 Å². The Morgan fingerprint density at radius 3 is 2.35 bits per heavy atom. The monoisotopic (exact) mass is 307 g/mol. The number of thioether (sulfide) groups is 1. The molecule has 2 rings (SSSR count). The number of rotatable bonds is 6. The standard InChI is InChI=1S/C16H18ClNOS/c1-19-15-8-4-13(5-9-15)16(18)11-20-10-12-2-6-14(17)7-3-12/h2-9,16H,10-11,18H2,1H3. The van der Waals surface area contributed by atoms with E-state index in [4.69, 9.17) is 22.1 Å². The Bertz CT molecular complexity index is 527. The second-order valence-corrected chi connectivity index (χ2v) is 5.99. The van der Waals surface area contributed by atoms with Crippen LogP contribution in [-0.2, 0) is 5.75 Å². The van der Waals surface area contributed by atoms with Crippen LogP contribution in [0.3, 0.4) is 0 Å². The van der Waals surface area contributed by atoms with Gasteiger partial charge in [0.05, 0.1) is 7.11 Å². The fourth-order valence-corrected chi connectivity index (χ4v) is 2.95. The van der Waals surface area contributed by atoms with Crippen molar-refractivity contribution in [3.63, 3.8) is 0 Å². The van der Waals surface area contributed by atoms with E-state index in [1.54, 1.807) is 7.11 Å². The Balaban J connectivity index is 1.82. The predicted molar refractivity (Wildman–Crippen MR) is 87.5 cm³/mol. The summed E-state index contributed by atoms with van der Waals surface area (Å²) in [5.74, 6) is 2.69. The van der Waals surface area contributed by atoms with Crippen LogP contribution in [0.25, 0.3) is 0 Å². The van der Waals surface area contributed by atoms with Crippen molar-refractivity contribution in [3.05, 3.63) is 64.7 Å². The van der Waals surface area contributed by atoms with Gasteiger partial charge in [-0.25, -0.2) is 0 Å². The highest BCUT2D eigenvalue weighted by Gasteiger charge is 2.06. The fraction of sp³-hybridized carbons (Fsp3) is 0.250. The maximum absolute atomic E-state index is 6.19. The molecule has 106 valence electrons. The Kier molecular flexibility index (Phi) is 5.77. The molecule has 2 aromatic carbocycles. The van der Waals surface area contributed by atoms with E-state index in [2.05, 4.69) is 0 Å². The lowest BCUT2D eigenvalue weighted by atomic mass is 10.1. The summed E-state index contributed by atoms with van der Waals surface area (Å²) >= 11 is 7.69. The number of hydrogen-bond acceptors (Lipinski definition) is 3. The molecule has 2 N–H and O–H groups in total. The topological polar surface area (TPSA) is 35.2 Å². The summed E-state index contributed by atoms with van der Waals surface area (Å²) in [5.41, 5.74) is 8.59. The first-order valence-electron chi connectivity index (χ1n) is 6.41. The van der Waals surface area contributed by atoms with Crippen LogP contribution in [-0.4, -0.2) is 12.9 Å². The van der Waals surface area contributed by atoms with E-state index in [-0.39, 0.29) is 6.04 Å². The Labute approximate surface area is 129 Å². The van der Waals surface area contributed by atoms with E-state index >= 15 is 0 Å². The normalized spacial score (nSPS) is 12.2. The van der Waals surface area contributed by atoms with E-state index in [0.717, 1.165) is 27.8 Å². The molecule has 0 saturated heterocycles. The van der Waals surface area contributed by atoms with Crippen LogP contribution >= 0.6 is 23.4 Å².